The number of aryl methyl sites for hydroxylation is 2. The highest BCUT2D eigenvalue weighted by molar-refractivity contribution is 5.97. The Hall–Kier alpha value is -3.79. The lowest BCUT2D eigenvalue weighted by molar-refractivity contribution is -0.115. The van der Waals surface area contributed by atoms with Crippen LogP contribution >= 0.6 is 0 Å². The SMILES string of the molecule is Cc1nc2ccc(C(=O)NCc3cccc(NC(=O)CC#N)c3)cc2nc1C. The minimum absolute atomic E-state index is 0.204. The summed E-state index contributed by atoms with van der Waals surface area (Å²) in [5.74, 6) is -0.590. The van der Waals surface area contributed by atoms with Crippen LogP contribution in [0.1, 0.15) is 33.7 Å². The fourth-order valence-corrected chi connectivity index (χ4v) is 2.69. The second-order valence-electron chi connectivity index (χ2n) is 6.36. The molecule has 0 atom stereocenters. The molecular weight excluding hydrogens is 354 g/mol. The quantitative estimate of drug-likeness (QED) is 0.715. The zero-order valence-corrected chi connectivity index (χ0v) is 15.6. The van der Waals surface area contributed by atoms with Gasteiger partial charge in [-0.3, -0.25) is 9.59 Å². The predicted molar refractivity (Wildman–Crippen MR) is 105 cm³/mol. The van der Waals surface area contributed by atoms with Crippen LogP contribution in [0.3, 0.4) is 0 Å². The van der Waals surface area contributed by atoms with Gasteiger partial charge in [0.05, 0.1) is 28.5 Å². The second-order valence-corrected chi connectivity index (χ2v) is 6.36. The first-order chi connectivity index (χ1) is 13.5. The number of carbonyl (C=O) groups is 2. The Morgan fingerprint density at radius 2 is 1.79 bits per heavy atom. The first-order valence-corrected chi connectivity index (χ1v) is 8.75. The van der Waals surface area contributed by atoms with E-state index in [1.54, 1.807) is 42.5 Å². The summed E-state index contributed by atoms with van der Waals surface area (Å²) in [5.41, 5.74) is 5.04. The third-order valence-electron chi connectivity index (χ3n) is 4.24. The molecular formula is C21H19N5O2. The molecule has 0 fully saturated rings. The van der Waals surface area contributed by atoms with Gasteiger partial charge in [0.2, 0.25) is 5.91 Å². The minimum Gasteiger partial charge on any atom is -0.348 e. The maximum atomic E-state index is 12.5. The lowest BCUT2D eigenvalue weighted by Gasteiger charge is -2.09. The van der Waals surface area contributed by atoms with E-state index in [-0.39, 0.29) is 18.2 Å². The van der Waals surface area contributed by atoms with Crippen LogP contribution in [0.4, 0.5) is 5.69 Å². The van der Waals surface area contributed by atoms with Gasteiger partial charge < -0.3 is 10.6 Å². The molecule has 0 unspecified atom stereocenters. The number of hydrogen-bond acceptors (Lipinski definition) is 5. The monoisotopic (exact) mass is 373 g/mol. The first kappa shape index (κ1) is 19.0. The summed E-state index contributed by atoms with van der Waals surface area (Å²) in [6.45, 7) is 4.09. The van der Waals surface area contributed by atoms with Crippen LogP contribution in [-0.2, 0) is 11.3 Å². The van der Waals surface area contributed by atoms with Gasteiger partial charge in [-0.2, -0.15) is 5.26 Å². The molecule has 2 N–H and O–H groups in total. The molecule has 1 aromatic heterocycles. The van der Waals surface area contributed by atoms with Crippen molar-refractivity contribution in [1.82, 2.24) is 15.3 Å². The van der Waals surface area contributed by atoms with Crippen LogP contribution in [0.15, 0.2) is 42.5 Å². The average molecular weight is 373 g/mol. The molecule has 28 heavy (non-hydrogen) atoms. The number of fused-ring (bicyclic) bond motifs is 1. The van der Waals surface area contributed by atoms with Crippen LogP contribution in [0.2, 0.25) is 0 Å². The van der Waals surface area contributed by atoms with Crippen molar-refractivity contribution in [3.8, 4) is 6.07 Å². The lowest BCUT2D eigenvalue weighted by Crippen LogP contribution is -2.23. The van der Waals surface area contributed by atoms with E-state index in [2.05, 4.69) is 20.6 Å². The molecule has 0 saturated heterocycles. The highest BCUT2D eigenvalue weighted by Crippen LogP contribution is 2.15. The number of carbonyl (C=O) groups excluding carboxylic acids is 2. The van der Waals surface area contributed by atoms with Crippen molar-refractivity contribution in [3.05, 3.63) is 65.0 Å². The Balaban J connectivity index is 1.69. The molecule has 0 saturated carbocycles. The topological polar surface area (TPSA) is 108 Å². The number of nitriles is 1. The molecule has 1 heterocycles. The van der Waals surface area contributed by atoms with E-state index >= 15 is 0 Å². The fraction of sp³-hybridized carbons (Fsp3) is 0.190. The molecule has 7 nitrogen and oxygen atoms in total. The molecule has 0 bridgehead atoms. The predicted octanol–water partition coefficient (Wildman–Crippen LogP) is 3.03. The van der Waals surface area contributed by atoms with Crippen LogP contribution in [0, 0.1) is 25.2 Å². The standard InChI is InChI=1S/C21H19N5O2/c1-13-14(2)25-19-11-16(6-7-18(19)24-13)21(28)23-12-15-4-3-5-17(10-15)26-20(27)8-9-22/h3-7,10-11H,8,12H2,1-2H3,(H,23,28)(H,26,27). The van der Waals surface area contributed by atoms with E-state index < -0.39 is 0 Å². The van der Waals surface area contributed by atoms with Gasteiger partial charge in [0.25, 0.3) is 5.91 Å². The summed E-state index contributed by atoms with van der Waals surface area (Å²) in [5, 5.41) is 14.1. The zero-order valence-electron chi connectivity index (χ0n) is 15.6. The molecule has 140 valence electrons. The number of aromatic nitrogens is 2. The fourth-order valence-electron chi connectivity index (χ4n) is 2.69. The number of amides is 2. The molecule has 2 aromatic carbocycles. The van der Waals surface area contributed by atoms with E-state index in [1.807, 2.05) is 19.9 Å². The van der Waals surface area contributed by atoms with E-state index in [0.717, 1.165) is 22.5 Å². The van der Waals surface area contributed by atoms with Gasteiger partial charge >= 0.3 is 0 Å². The van der Waals surface area contributed by atoms with Crippen molar-refractivity contribution in [2.75, 3.05) is 5.32 Å². The Bertz CT molecular complexity index is 1100. The van der Waals surface area contributed by atoms with Gasteiger partial charge in [0.15, 0.2) is 0 Å². The summed E-state index contributed by atoms with van der Waals surface area (Å²) >= 11 is 0. The average Bonchev–Trinajstić information content (AvgIpc) is 2.67. The Morgan fingerprint density at radius 1 is 1.04 bits per heavy atom. The second kappa shape index (κ2) is 8.27. The van der Waals surface area contributed by atoms with E-state index in [0.29, 0.717) is 23.3 Å². The molecule has 2 amide bonds. The normalized spacial score (nSPS) is 10.3. The minimum atomic E-state index is -0.369. The molecule has 0 radical (unpaired) electrons. The lowest BCUT2D eigenvalue weighted by atomic mass is 10.1. The van der Waals surface area contributed by atoms with Crippen LogP contribution in [0.5, 0.6) is 0 Å². The molecule has 3 aromatic rings. The van der Waals surface area contributed by atoms with Crippen molar-refractivity contribution in [1.29, 1.82) is 5.26 Å². The Kier molecular flexibility index (Phi) is 5.61. The number of anilines is 1. The number of benzene rings is 2. The van der Waals surface area contributed by atoms with Gasteiger partial charge in [-0.05, 0) is 49.7 Å². The van der Waals surface area contributed by atoms with Crippen LogP contribution < -0.4 is 10.6 Å². The highest BCUT2D eigenvalue weighted by Gasteiger charge is 2.09. The van der Waals surface area contributed by atoms with Crippen LogP contribution in [-0.4, -0.2) is 21.8 Å². The molecule has 0 aliphatic carbocycles. The third-order valence-corrected chi connectivity index (χ3v) is 4.24. The van der Waals surface area contributed by atoms with E-state index in [1.165, 1.54) is 0 Å². The maximum absolute atomic E-state index is 12.5. The van der Waals surface area contributed by atoms with Crippen molar-refractivity contribution >= 4 is 28.5 Å². The largest absolute Gasteiger partial charge is 0.348 e. The number of nitrogens with zero attached hydrogens (tertiary/aromatic N) is 3. The van der Waals surface area contributed by atoms with Crippen molar-refractivity contribution in [2.24, 2.45) is 0 Å². The summed E-state index contributed by atoms with van der Waals surface area (Å²) in [6, 6.07) is 14.1. The van der Waals surface area contributed by atoms with Crippen molar-refractivity contribution in [3.63, 3.8) is 0 Å². The van der Waals surface area contributed by atoms with Crippen LogP contribution in [0.25, 0.3) is 11.0 Å². The summed E-state index contributed by atoms with van der Waals surface area (Å²) in [4.78, 5) is 33.0. The van der Waals surface area contributed by atoms with Gasteiger partial charge in [-0.1, -0.05) is 12.1 Å². The zero-order chi connectivity index (χ0) is 20.1. The van der Waals surface area contributed by atoms with E-state index in [4.69, 9.17) is 5.26 Å². The highest BCUT2D eigenvalue weighted by atomic mass is 16.2. The van der Waals surface area contributed by atoms with Gasteiger partial charge in [-0.25, -0.2) is 9.97 Å². The number of nitrogens with one attached hydrogen (secondary N) is 2. The van der Waals surface area contributed by atoms with Gasteiger partial charge in [0.1, 0.15) is 6.42 Å². The molecule has 0 aliphatic rings. The number of rotatable bonds is 5. The maximum Gasteiger partial charge on any atom is 0.251 e. The molecule has 0 aliphatic heterocycles. The van der Waals surface area contributed by atoms with Crippen molar-refractivity contribution < 1.29 is 9.59 Å². The summed E-state index contributed by atoms with van der Waals surface area (Å²) in [7, 11) is 0. The number of hydrogen-bond donors (Lipinski definition) is 2. The Labute approximate surface area is 162 Å². The summed E-state index contributed by atoms with van der Waals surface area (Å²) in [6.07, 6.45) is -0.204. The third kappa shape index (κ3) is 4.48. The first-order valence-electron chi connectivity index (χ1n) is 8.75. The van der Waals surface area contributed by atoms with Crippen molar-refractivity contribution in [2.45, 2.75) is 26.8 Å². The Morgan fingerprint density at radius 3 is 2.54 bits per heavy atom. The van der Waals surface area contributed by atoms with Gasteiger partial charge in [-0.15, -0.1) is 0 Å². The molecule has 7 heteroatoms. The summed E-state index contributed by atoms with van der Waals surface area (Å²) < 4.78 is 0. The van der Waals surface area contributed by atoms with Gasteiger partial charge in [0, 0.05) is 17.8 Å². The smallest absolute Gasteiger partial charge is 0.251 e. The molecule has 0 spiro atoms. The van der Waals surface area contributed by atoms with E-state index in [9.17, 15) is 9.59 Å². The molecule has 3 rings (SSSR count).